The number of amides is 1. The number of fused-ring (bicyclic) bond motifs is 1. The largest absolute Gasteiger partial charge is 0.398 e. The number of nitrogen functional groups attached to an aromatic ring is 1. The second kappa shape index (κ2) is 5.76. The molecule has 3 N–H and O–H groups in total. The Kier molecular flexibility index (Phi) is 3.84. The van der Waals surface area contributed by atoms with E-state index in [2.05, 4.69) is 15.2 Å². The summed E-state index contributed by atoms with van der Waals surface area (Å²) in [6, 6.07) is 2.21. The molecule has 2 unspecified atom stereocenters. The van der Waals surface area contributed by atoms with Gasteiger partial charge in [-0.2, -0.15) is 0 Å². The average Bonchev–Trinajstić information content (AvgIpc) is 2.92. The van der Waals surface area contributed by atoms with E-state index in [-0.39, 0.29) is 12.0 Å². The number of carbonyl (C=O) groups is 1. The zero-order chi connectivity index (χ0) is 13.9. The summed E-state index contributed by atoms with van der Waals surface area (Å²) in [5.41, 5.74) is 6.62. The molecule has 2 saturated heterocycles. The number of aromatic nitrogens is 1. The Morgan fingerprint density at radius 2 is 2.50 bits per heavy atom. The minimum absolute atomic E-state index is 0.0613. The van der Waals surface area contributed by atoms with Crippen LogP contribution in [-0.2, 0) is 4.74 Å². The summed E-state index contributed by atoms with van der Waals surface area (Å²) in [5, 5.41) is 2.88. The SMILES string of the molecule is Nc1ccncc1C(=O)NCC1CN2CCCC2CO1. The van der Waals surface area contributed by atoms with Crippen molar-refractivity contribution in [3.63, 3.8) is 0 Å². The minimum atomic E-state index is -0.192. The third-order valence-electron chi connectivity index (χ3n) is 4.05. The molecular weight excluding hydrogens is 256 g/mol. The Hall–Kier alpha value is -1.66. The van der Waals surface area contributed by atoms with Gasteiger partial charge in [0.15, 0.2) is 0 Å². The molecule has 2 aliphatic heterocycles. The lowest BCUT2D eigenvalue weighted by molar-refractivity contribution is -0.0461. The monoisotopic (exact) mass is 276 g/mol. The summed E-state index contributed by atoms with van der Waals surface area (Å²) in [7, 11) is 0. The zero-order valence-electron chi connectivity index (χ0n) is 11.4. The molecule has 0 aromatic carbocycles. The maximum absolute atomic E-state index is 12.0. The number of nitrogens with zero attached hydrogens (tertiary/aromatic N) is 2. The standard InChI is InChI=1S/C14H20N4O2/c15-13-3-4-16-7-12(13)14(19)17-6-11-8-18-5-1-2-10(18)9-20-11/h3-4,7,10-11H,1-2,5-6,8-9H2,(H2,15,16)(H,17,19). The summed E-state index contributed by atoms with van der Waals surface area (Å²) >= 11 is 0. The number of rotatable bonds is 3. The van der Waals surface area contributed by atoms with Gasteiger partial charge in [0, 0.05) is 37.2 Å². The van der Waals surface area contributed by atoms with Crippen molar-refractivity contribution in [1.82, 2.24) is 15.2 Å². The molecule has 1 aromatic heterocycles. The highest BCUT2D eigenvalue weighted by Gasteiger charge is 2.32. The van der Waals surface area contributed by atoms with Crippen molar-refractivity contribution in [3.05, 3.63) is 24.0 Å². The fraction of sp³-hybridized carbons (Fsp3) is 0.571. The molecule has 0 saturated carbocycles. The smallest absolute Gasteiger partial charge is 0.255 e. The number of ether oxygens (including phenoxy) is 1. The molecule has 3 rings (SSSR count). The lowest BCUT2D eigenvalue weighted by Gasteiger charge is -2.35. The van der Waals surface area contributed by atoms with E-state index >= 15 is 0 Å². The number of morpholine rings is 1. The van der Waals surface area contributed by atoms with Crippen molar-refractivity contribution in [1.29, 1.82) is 0 Å². The quantitative estimate of drug-likeness (QED) is 0.827. The molecule has 20 heavy (non-hydrogen) atoms. The predicted molar refractivity (Wildman–Crippen MR) is 75.3 cm³/mol. The fourth-order valence-corrected chi connectivity index (χ4v) is 2.91. The van der Waals surface area contributed by atoms with Crippen LogP contribution >= 0.6 is 0 Å². The van der Waals surface area contributed by atoms with Gasteiger partial charge in [-0.25, -0.2) is 0 Å². The lowest BCUT2D eigenvalue weighted by Crippen LogP contribution is -2.50. The summed E-state index contributed by atoms with van der Waals surface area (Å²) in [6.45, 7) is 3.33. The number of nitrogens with two attached hydrogens (primary N) is 1. The van der Waals surface area contributed by atoms with E-state index in [1.807, 2.05) is 0 Å². The Labute approximate surface area is 118 Å². The van der Waals surface area contributed by atoms with Gasteiger partial charge in [0.05, 0.1) is 18.3 Å². The predicted octanol–water partition coefficient (Wildman–Crippen LogP) is 0.257. The van der Waals surface area contributed by atoms with Gasteiger partial charge < -0.3 is 15.8 Å². The van der Waals surface area contributed by atoms with Crippen LogP contribution in [0.3, 0.4) is 0 Å². The van der Waals surface area contributed by atoms with E-state index in [9.17, 15) is 4.79 Å². The highest BCUT2D eigenvalue weighted by atomic mass is 16.5. The van der Waals surface area contributed by atoms with Gasteiger partial charge in [-0.15, -0.1) is 0 Å². The Balaban J connectivity index is 1.52. The molecule has 0 bridgehead atoms. The molecular formula is C14H20N4O2. The molecule has 2 atom stereocenters. The van der Waals surface area contributed by atoms with Gasteiger partial charge >= 0.3 is 0 Å². The second-order valence-corrected chi connectivity index (χ2v) is 5.42. The summed E-state index contributed by atoms with van der Waals surface area (Å²) in [5.74, 6) is -0.192. The molecule has 3 heterocycles. The van der Waals surface area contributed by atoms with E-state index in [4.69, 9.17) is 10.5 Å². The highest BCUT2D eigenvalue weighted by molar-refractivity contribution is 5.98. The zero-order valence-corrected chi connectivity index (χ0v) is 11.4. The van der Waals surface area contributed by atoms with Crippen LogP contribution in [0.2, 0.25) is 0 Å². The second-order valence-electron chi connectivity index (χ2n) is 5.42. The Morgan fingerprint density at radius 1 is 1.60 bits per heavy atom. The first-order valence-electron chi connectivity index (χ1n) is 7.07. The molecule has 0 radical (unpaired) electrons. The van der Waals surface area contributed by atoms with Crippen LogP contribution in [0.4, 0.5) is 5.69 Å². The molecule has 1 amide bonds. The van der Waals surface area contributed by atoms with Gasteiger partial charge in [-0.1, -0.05) is 0 Å². The van der Waals surface area contributed by atoms with Gasteiger partial charge in [0.2, 0.25) is 0 Å². The van der Waals surface area contributed by atoms with Crippen LogP contribution in [-0.4, -0.2) is 54.2 Å². The van der Waals surface area contributed by atoms with Crippen LogP contribution in [0.25, 0.3) is 0 Å². The minimum Gasteiger partial charge on any atom is -0.398 e. The maximum atomic E-state index is 12.0. The van der Waals surface area contributed by atoms with Gasteiger partial charge in [-0.05, 0) is 25.5 Å². The molecule has 6 nitrogen and oxygen atoms in total. The van der Waals surface area contributed by atoms with Crippen molar-refractivity contribution in [2.24, 2.45) is 0 Å². The Morgan fingerprint density at radius 3 is 3.35 bits per heavy atom. The maximum Gasteiger partial charge on any atom is 0.255 e. The summed E-state index contributed by atoms with van der Waals surface area (Å²) in [4.78, 5) is 18.4. The average molecular weight is 276 g/mol. The number of pyridine rings is 1. The van der Waals surface area contributed by atoms with Gasteiger partial charge in [-0.3, -0.25) is 14.7 Å². The fourth-order valence-electron chi connectivity index (χ4n) is 2.91. The first kappa shape index (κ1) is 13.3. The van der Waals surface area contributed by atoms with Crippen molar-refractivity contribution < 1.29 is 9.53 Å². The molecule has 0 aliphatic carbocycles. The molecule has 1 aromatic rings. The number of carbonyl (C=O) groups excluding carboxylic acids is 1. The van der Waals surface area contributed by atoms with E-state index in [1.165, 1.54) is 19.0 Å². The molecule has 2 fully saturated rings. The van der Waals surface area contributed by atoms with Gasteiger partial charge in [0.25, 0.3) is 5.91 Å². The number of anilines is 1. The number of hydrogen-bond acceptors (Lipinski definition) is 5. The molecule has 108 valence electrons. The third-order valence-corrected chi connectivity index (χ3v) is 4.05. The molecule has 0 spiro atoms. The van der Waals surface area contributed by atoms with Crippen LogP contribution in [0.15, 0.2) is 18.5 Å². The van der Waals surface area contributed by atoms with Crippen molar-refractivity contribution >= 4 is 11.6 Å². The van der Waals surface area contributed by atoms with Crippen LogP contribution in [0, 0.1) is 0 Å². The van der Waals surface area contributed by atoms with E-state index in [0.29, 0.717) is 23.8 Å². The first-order valence-corrected chi connectivity index (χ1v) is 7.07. The van der Waals surface area contributed by atoms with E-state index in [0.717, 1.165) is 19.7 Å². The van der Waals surface area contributed by atoms with Crippen molar-refractivity contribution in [2.45, 2.75) is 25.0 Å². The molecule has 6 heteroatoms. The first-order chi connectivity index (χ1) is 9.74. The van der Waals surface area contributed by atoms with E-state index < -0.39 is 0 Å². The third kappa shape index (κ3) is 2.76. The molecule has 2 aliphatic rings. The number of nitrogens with one attached hydrogen (secondary N) is 1. The van der Waals surface area contributed by atoms with Crippen LogP contribution in [0.5, 0.6) is 0 Å². The summed E-state index contributed by atoms with van der Waals surface area (Å²) < 4.78 is 5.81. The van der Waals surface area contributed by atoms with Gasteiger partial charge in [0.1, 0.15) is 0 Å². The normalized spacial score (nSPS) is 26.2. The topological polar surface area (TPSA) is 80.5 Å². The summed E-state index contributed by atoms with van der Waals surface area (Å²) in [6.07, 6.45) is 5.60. The van der Waals surface area contributed by atoms with Crippen LogP contribution < -0.4 is 11.1 Å². The Bertz CT molecular complexity index is 494. The van der Waals surface area contributed by atoms with Crippen molar-refractivity contribution in [2.75, 3.05) is 32.0 Å². The highest BCUT2D eigenvalue weighted by Crippen LogP contribution is 2.22. The van der Waals surface area contributed by atoms with Crippen molar-refractivity contribution in [3.8, 4) is 0 Å². The van der Waals surface area contributed by atoms with E-state index in [1.54, 1.807) is 12.3 Å². The number of hydrogen-bond donors (Lipinski definition) is 2. The van der Waals surface area contributed by atoms with Crippen LogP contribution in [0.1, 0.15) is 23.2 Å². The lowest BCUT2D eigenvalue weighted by atomic mass is 10.2.